The molecule has 7 heteroatoms. The minimum absolute atomic E-state index is 0.177. The van der Waals surface area contributed by atoms with Gasteiger partial charge in [0.15, 0.2) is 9.84 Å². The molecule has 32 heavy (non-hydrogen) atoms. The largest absolute Gasteiger partial charge is 0.279 e. The van der Waals surface area contributed by atoms with Gasteiger partial charge in [-0.05, 0) is 47.0 Å². The molecule has 1 aromatic heterocycles. The number of nitrogens with zero attached hydrogens (tertiary/aromatic N) is 2. The van der Waals surface area contributed by atoms with E-state index in [4.69, 9.17) is 0 Å². The predicted molar refractivity (Wildman–Crippen MR) is 124 cm³/mol. The molecule has 4 aromatic rings. The van der Waals surface area contributed by atoms with Gasteiger partial charge < -0.3 is 0 Å². The van der Waals surface area contributed by atoms with Gasteiger partial charge in [-0.1, -0.05) is 54.6 Å². The Labute approximate surface area is 185 Å². The molecule has 0 saturated carbocycles. The van der Waals surface area contributed by atoms with Crippen LogP contribution >= 0.6 is 0 Å². The Balaban J connectivity index is 1.86. The molecule has 0 unspecified atom stereocenters. The SMILES string of the molecule is CS(=O)(=O)c1ccc(-c2cnn(C=Cc3ccccc3)c(=O)c2-c2ccc(F)cc2)cc1. The fourth-order valence-electron chi connectivity index (χ4n) is 3.29. The summed E-state index contributed by atoms with van der Waals surface area (Å²) in [7, 11) is -3.35. The number of hydrogen-bond acceptors (Lipinski definition) is 4. The van der Waals surface area contributed by atoms with Crippen LogP contribution in [0.5, 0.6) is 0 Å². The number of aromatic nitrogens is 2. The summed E-state index contributed by atoms with van der Waals surface area (Å²) in [6, 6.07) is 21.4. The van der Waals surface area contributed by atoms with Crippen molar-refractivity contribution in [2.45, 2.75) is 4.90 Å². The van der Waals surface area contributed by atoms with Crippen LogP contribution in [0.25, 0.3) is 34.5 Å². The first kappa shape index (κ1) is 21.4. The fourth-order valence-corrected chi connectivity index (χ4v) is 3.92. The number of sulfone groups is 1. The van der Waals surface area contributed by atoms with Crippen LogP contribution in [0.2, 0.25) is 0 Å². The van der Waals surface area contributed by atoms with E-state index in [1.807, 2.05) is 30.3 Å². The Morgan fingerprint density at radius 1 is 0.875 bits per heavy atom. The quantitative estimate of drug-likeness (QED) is 0.444. The Morgan fingerprint density at radius 3 is 2.12 bits per heavy atom. The monoisotopic (exact) mass is 446 g/mol. The lowest BCUT2D eigenvalue weighted by Gasteiger charge is -2.11. The highest BCUT2D eigenvalue weighted by Crippen LogP contribution is 2.29. The lowest BCUT2D eigenvalue weighted by Crippen LogP contribution is -2.21. The normalized spacial score (nSPS) is 11.7. The smallest absolute Gasteiger partial charge is 0.267 e. The van der Waals surface area contributed by atoms with Crippen molar-refractivity contribution in [3.8, 4) is 22.3 Å². The highest BCUT2D eigenvalue weighted by atomic mass is 32.2. The van der Waals surface area contributed by atoms with E-state index < -0.39 is 15.7 Å². The molecule has 0 spiro atoms. The van der Waals surface area contributed by atoms with Crippen molar-refractivity contribution < 1.29 is 12.8 Å². The van der Waals surface area contributed by atoms with Crippen LogP contribution in [0.15, 0.2) is 94.7 Å². The van der Waals surface area contributed by atoms with Crippen molar-refractivity contribution >= 4 is 22.1 Å². The van der Waals surface area contributed by atoms with E-state index >= 15 is 0 Å². The minimum atomic E-state index is -3.35. The standard InChI is InChI=1S/C25H19FN2O3S/c1-32(30,31)22-13-9-19(10-14-22)23-17-27-28(16-15-18-5-3-2-4-6-18)25(29)24(23)20-7-11-21(26)12-8-20/h2-17H,1H3. The topological polar surface area (TPSA) is 69.0 Å². The second-order valence-electron chi connectivity index (χ2n) is 7.21. The van der Waals surface area contributed by atoms with Crippen molar-refractivity contribution in [1.82, 2.24) is 9.78 Å². The van der Waals surface area contributed by atoms with Crippen LogP contribution in [0.4, 0.5) is 4.39 Å². The van der Waals surface area contributed by atoms with Gasteiger partial charge in [0.2, 0.25) is 0 Å². The molecule has 3 aromatic carbocycles. The predicted octanol–water partition coefficient (Wildman–Crippen LogP) is 4.75. The van der Waals surface area contributed by atoms with Gasteiger partial charge in [-0.3, -0.25) is 4.79 Å². The van der Waals surface area contributed by atoms with Gasteiger partial charge in [-0.2, -0.15) is 5.10 Å². The maximum Gasteiger partial charge on any atom is 0.279 e. The summed E-state index contributed by atoms with van der Waals surface area (Å²) in [5.41, 5.74) is 2.54. The molecule has 160 valence electrons. The first-order valence-electron chi connectivity index (χ1n) is 9.74. The maximum atomic E-state index is 13.5. The van der Waals surface area contributed by atoms with Gasteiger partial charge in [0.1, 0.15) is 5.82 Å². The van der Waals surface area contributed by atoms with Crippen LogP contribution in [-0.2, 0) is 9.84 Å². The van der Waals surface area contributed by atoms with Crippen LogP contribution in [0.1, 0.15) is 5.56 Å². The average Bonchev–Trinajstić information content (AvgIpc) is 2.79. The Kier molecular flexibility index (Phi) is 5.83. The minimum Gasteiger partial charge on any atom is -0.267 e. The second-order valence-corrected chi connectivity index (χ2v) is 9.23. The van der Waals surface area contributed by atoms with Gasteiger partial charge in [0.05, 0.1) is 16.7 Å². The molecule has 0 fully saturated rings. The van der Waals surface area contributed by atoms with Crippen molar-refractivity contribution in [1.29, 1.82) is 0 Å². The van der Waals surface area contributed by atoms with E-state index in [-0.39, 0.29) is 10.5 Å². The molecule has 0 N–H and O–H groups in total. The third-order valence-corrected chi connectivity index (χ3v) is 6.07. The van der Waals surface area contributed by atoms with Crippen molar-refractivity contribution in [3.63, 3.8) is 0 Å². The lowest BCUT2D eigenvalue weighted by molar-refractivity contribution is 0.602. The lowest BCUT2D eigenvalue weighted by atomic mass is 9.97. The molecule has 0 saturated heterocycles. The third kappa shape index (κ3) is 4.58. The summed E-state index contributed by atoms with van der Waals surface area (Å²) in [6.45, 7) is 0. The highest BCUT2D eigenvalue weighted by Gasteiger charge is 2.16. The highest BCUT2D eigenvalue weighted by molar-refractivity contribution is 7.90. The van der Waals surface area contributed by atoms with Gasteiger partial charge in [-0.25, -0.2) is 17.5 Å². The molecule has 4 rings (SSSR count). The van der Waals surface area contributed by atoms with E-state index in [1.165, 1.54) is 41.1 Å². The Hall–Kier alpha value is -3.84. The third-order valence-electron chi connectivity index (χ3n) is 4.94. The zero-order chi connectivity index (χ0) is 22.7. The number of halogens is 1. The fraction of sp³-hybridized carbons (Fsp3) is 0.0400. The molecule has 0 amide bonds. The summed E-state index contributed by atoms with van der Waals surface area (Å²) in [4.78, 5) is 13.5. The van der Waals surface area contributed by atoms with Gasteiger partial charge >= 0.3 is 0 Å². The zero-order valence-corrected chi connectivity index (χ0v) is 18.0. The van der Waals surface area contributed by atoms with Crippen molar-refractivity contribution in [2.24, 2.45) is 0 Å². The number of rotatable bonds is 5. The van der Waals surface area contributed by atoms with E-state index in [1.54, 1.807) is 30.6 Å². The Bertz CT molecular complexity index is 1440. The van der Waals surface area contributed by atoms with E-state index in [0.717, 1.165) is 11.8 Å². The summed E-state index contributed by atoms with van der Waals surface area (Å²) in [6.07, 6.45) is 6.02. The number of hydrogen-bond donors (Lipinski definition) is 0. The van der Waals surface area contributed by atoms with E-state index in [9.17, 15) is 17.6 Å². The molecule has 0 atom stereocenters. The Morgan fingerprint density at radius 2 is 1.50 bits per heavy atom. The molecule has 0 aliphatic rings. The second kappa shape index (κ2) is 8.72. The molecule has 0 bridgehead atoms. The molecule has 5 nitrogen and oxygen atoms in total. The van der Waals surface area contributed by atoms with Crippen LogP contribution in [0, 0.1) is 5.82 Å². The maximum absolute atomic E-state index is 13.5. The summed E-state index contributed by atoms with van der Waals surface area (Å²) < 4.78 is 38.3. The number of benzene rings is 3. The molecular weight excluding hydrogens is 427 g/mol. The van der Waals surface area contributed by atoms with E-state index in [0.29, 0.717) is 22.3 Å². The summed E-state index contributed by atoms with van der Waals surface area (Å²) in [5.74, 6) is -0.411. The zero-order valence-electron chi connectivity index (χ0n) is 17.1. The van der Waals surface area contributed by atoms with E-state index in [2.05, 4.69) is 5.10 Å². The van der Waals surface area contributed by atoms with Crippen LogP contribution < -0.4 is 5.56 Å². The van der Waals surface area contributed by atoms with Crippen molar-refractivity contribution in [3.05, 3.63) is 107 Å². The van der Waals surface area contributed by atoms with Gasteiger partial charge in [-0.15, -0.1) is 0 Å². The molecule has 0 aliphatic carbocycles. The first-order chi connectivity index (χ1) is 15.3. The molecule has 1 heterocycles. The van der Waals surface area contributed by atoms with Crippen molar-refractivity contribution in [2.75, 3.05) is 6.26 Å². The molecule has 0 aliphatic heterocycles. The summed E-state index contributed by atoms with van der Waals surface area (Å²) in [5, 5.41) is 4.27. The summed E-state index contributed by atoms with van der Waals surface area (Å²) >= 11 is 0. The average molecular weight is 447 g/mol. The molecular formula is C25H19FN2O3S. The first-order valence-corrected chi connectivity index (χ1v) is 11.6. The van der Waals surface area contributed by atoms with Crippen LogP contribution in [-0.4, -0.2) is 24.5 Å². The van der Waals surface area contributed by atoms with Gasteiger partial charge in [0.25, 0.3) is 5.56 Å². The molecule has 0 radical (unpaired) electrons. The van der Waals surface area contributed by atoms with Gasteiger partial charge in [0, 0.05) is 18.0 Å². The van der Waals surface area contributed by atoms with Crippen LogP contribution in [0.3, 0.4) is 0 Å².